The normalized spacial score (nSPS) is 43.7. The average molecular weight is 326 g/mol. The standard InChI is InChI=1S/C12H24O6P2/c1-10(2)7-11(3)9-12(8-10,18-19(11,13)15-4)20(14,16-5)17-6/h7-9H2,1-6H3. The van der Waals surface area contributed by atoms with E-state index in [4.69, 9.17) is 18.1 Å². The van der Waals surface area contributed by atoms with E-state index in [1.807, 2.05) is 20.8 Å². The third-order valence-corrected chi connectivity index (χ3v) is 9.66. The fraction of sp³-hybridized carbons (Fsp3) is 1.00. The number of hydrogen-bond acceptors (Lipinski definition) is 6. The van der Waals surface area contributed by atoms with Gasteiger partial charge in [-0.2, -0.15) is 0 Å². The molecule has 0 N–H and O–H groups in total. The Labute approximate surface area is 120 Å². The first-order chi connectivity index (χ1) is 9.01. The Hall–Kier alpha value is 0.300. The van der Waals surface area contributed by atoms with E-state index in [2.05, 4.69) is 0 Å². The van der Waals surface area contributed by atoms with Crippen LogP contribution in [0.2, 0.25) is 0 Å². The zero-order valence-electron chi connectivity index (χ0n) is 13.0. The molecule has 0 aromatic rings. The zero-order chi connectivity index (χ0) is 15.4. The molecule has 20 heavy (non-hydrogen) atoms. The lowest BCUT2D eigenvalue weighted by Crippen LogP contribution is -2.44. The predicted molar refractivity (Wildman–Crippen MR) is 76.1 cm³/mol. The van der Waals surface area contributed by atoms with Gasteiger partial charge in [0, 0.05) is 27.8 Å². The van der Waals surface area contributed by atoms with Crippen LogP contribution >= 0.6 is 15.2 Å². The van der Waals surface area contributed by atoms with E-state index in [0.717, 1.165) is 0 Å². The Kier molecular flexibility index (Phi) is 3.87. The van der Waals surface area contributed by atoms with Crippen molar-refractivity contribution in [3.8, 4) is 0 Å². The van der Waals surface area contributed by atoms with Crippen LogP contribution in [-0.4, -0.2) is 31.8 Å². The molecule has 2 aliphatic rings. The summed E-state index contributed by atoms with van der Waals surface area (Å²) in [6.07, 6.45) is 1.50. The van der Waals surface area contributed by atoms with Gasteiger partial charge in [-0.05, 0) is 25.2 Å². The third kappa shape index (κ3) is 2.08. The molecule has 2 bridgehead atoms. The third-order valence-electron chi connectivity index (χ3n) is 4.44. The summed E-state index contributed by atoms with van der Waals surface area (Å²) >= 11 is 0. The molecule has 118 valence electrons. The van der Waals surface area contributed by atoms with Crippen LogP contribution in [-0.2, 0) is 27.2 Å². The van der Waals surface area contributed by atoms with Crippen molar-refractivity contribution in [1.82, 2.24) is 0 Å². The predicted octanol–water partition coefficient (Wildman–Crippen LogP) is 4.01. The summed E-state index contributed by atoms with van der Waals surface area (Å²) in [5.41, 5.74) is -0.190. The highest BCUT2D eigenvalue weighted by molar-refractivity contribution is 7.60. The minimum atomic E-state index is -3.54. The molecule has 0 amide bonds. The first-order valence-corrected chi connectivity index (χ1v) is 9.68. The van der Waals surface area contributed by atoms with E-state index in [-0.39, 0.29) is 5.41 Å². The maximum Gasteiger partial charge on any atom is 0.362 e. The molecule has 1 saturated carbocycles. The SMILES string of the molecule is COP1(=O)OC2(P(=O)(OC)OC)CC(C)(C)CC1(C)C2. The first-order valence-electron chi connectivity index (χ1n) is 6.59. The molecule has 8 heteroatoms. The Morgan fingerprint density at radius 3 is 2.05 bits per heavy atom. The van der Waals surface area contributed by atoms with Crippen molar-refractivity contribution in [2.75, 3.05) is 21.3 Å². The van der Waals surface area contributed by atoms with E-state index in [0.29, 0.717) is 19.3 Å². The topological polar surface area (TPSA) is 71.1 Å². The van der Waals surface area contributed by atoms with Gasteiger partial charge in [0.15, 0.2) is 5.34 Å². The summed E-state index contributed by atoms with van der Waals surface area (Å²) in [4.78, 5) is 0. The van der Waals surface area contributed by atoms with Gasteiger partial charge in [-0.1, -0.05) is 13.8 Å². The van der Waals surface area contributed by atoms with E-state index in [9.17, 15) is 9.13 Å². The van der Waals surface area contributed by atoms with Gasteiger partial charge in [-0.15, -0.1) is 0 Å². The Bertz CT molecular complexity index is 496. The first kappa shape index (κ1) is 16.7. The van der Waals surface area contributed by atoms with Gasteiger partial charge in [0.25, 0.3) is 0 Å². The maximum atomic E-state index is 13.0. The number of fused-ring (bicyclic) bond motifs is 2. The summed E-state index contributed by atoms with van der Waals surface area (Å²) in [5, 5.41) is -1.87. The average Bonchev–Trinajstić information content (AvgIpc) is 2.52. The molecule has 2 fully saturated rings. The highest BCUT2D eigenvalue weighted by Crippen LogP contribution is 2.84. The summed E-state index contributed by atoms with van der Waals surface area (Å²) in [6.45, 7) is 5.96. The Balaban J connectivity index is 2.60. The highest BCUT2D eigenvalue weighted by atomic mass is 31.2. The van der Waals surface area contributed by atoms with Gasteiger partial charge >= 0.3 is 15.2 Å². The molecule has 3 atom stereocenters. The molecule has 1 aliphatic heterocycles. The second kappa shape index (κ2) is 4.65. The highest BCUT2D eigenvalue weighted by Gasteiger charge is 2.73. The maximum absolute atomic E-state index is 13.0. The lowest BCUT2D eigenvalue weighted by atomic mass is 9.71. The molecule has 2 rings (SSSR count). The molecule has 0 aromatic heterocycles. The van der Waals surface area contributed by atoms with Crippen molar-refractivity contribution in [1.29, 1.82) is 0 Å². The van der Waals surface area contributed by atoms with Gasteiger partial charge in [0.2, 0.25) is 0 Å². The molecular weight excluding hydrogens is 302 g/mol. The van der Waals surface area contributed by atoms with Crippen molar-refractivity contribution < 1.29 is 27.2 Å². The van der Waals surface area contributed by atoms with Crippen molar-refractivity contribution >= 4 is 15.2 Å². The minimum absolute atomic E-state index is 0.190. The van der Waals surface area contributed by atoms with Crippen molar-refractivity contribution in [3.05, 3.63) is 0 Å². The minimum Gasteiger partial charge on any atom is -0.312 e. The van der Waals surface area contributed by atoms with Crippen molar-refractivity contribution in [2.45, 2.75) is 50.5 Å². The number of rotatable bonds is 4. The summed E-state index contributed by atoms with van der Waals surface area (Å²) in [6, 6.07) is 0. The largest absolute Gasteiger partial charge is 0.362 e. The second-order valence-corrected chi connectivity index (χ2v) is 11.9. The Morgan fingerprint density at radius 1 is 1.05 bits per heavy atom. The van der Waals surface area contributed by atoms with E-state index in [1.54, 1.807) is 0 Å². The summed E-state index contributed by atoms with van der Waals surface area (Å²) in [5.74, 6) is 0. The molecule has 1 heterocycles. The van der Waals surface area contributed by atoms with Crippen molar-refractivity contribution in [3.63, 3.8) is 0 Å². The molecule has 0 radical (unpaired) electrons. The van der Waals surface area contributed by atoms with Crippen LogP contribution in [0.1, 0.15) is 40.0 Å². The fourth-order valence-electron chi connectivity index (χ4n) is 4.06. The second-order valence-electron chi connectivity index (χ2n) is 6.77. The Morgan fingerprint density at radius 2 is 1.60 bits per heavy atom. The number of hydrogen-bond donors (Lipinski definition) is 0. The molecule has 1 aliphatic carbocycles. The van der Waals surface area contributed by atoms with Crippen LogP contribution in [0.4, 0.5) is 0 Å². The van der Waals surface area contributed by atoms with Crippen LogP contribution < -0.4 is 0 Å². The van der Waals surface area contributed by atoms with E-state index >= 15 is 0 Å². The fourth-order valence-corrected chi connectivity index (χ4v) is 9.27. The smallest absolute Gasteiger partial charge is 0.312 e. The van der Waals surface area contributed by atoms with Gasteiger partial charge < -0.3 is 13.6 Å². The van der Waals surface area contributed by atoms with Crippen LogP contribution in [0.15, 0.2) is 0 Å². The lowest BCUT2D eigenvalue weighted by molar-refractivity contribution is 0.0432. The van der Waals surface area contributed by atoms with E-state index in [1.165, 1.54) is 21.3 Å². The van der Waals surface area contributed by atoms with Gasteiger partial charge in [0.05, 0.1) is 5.16 Å². The zero-order valence-corrected chi connectivity index (χ0v) is 14.8. The van der Waals surface area contributed by atoms with Gasteiger partial charge in [0.1, 0.15) is 0 Å². The molecule has 0 aromatic carbocycles. The lowest BCUT2D eigenvalue weighted by Gasteiger charge is -2.44. The van der Waals surface area contributed by atoms with Gasteiger partial charge in [-0.25, -0.2) is 0 Å². The van der Waals surface area contributed by atoms with Crippen LogP contribution in [0.5, 0.6) is 0 Å². The van der Waals surface area contributed by atoms with Crippen LogP contribution in [0.3, 0.4) is 0 Å². The molecule has 6 nitrogen and oxygen atoms in total. The van der Waals surface area contributed by atoms with Crippen LogP contribution in [0, 0.1) is 5.41 Å². The monoisotopic (exact) mass is 326 g/mol. The summed E-state index contributed by atoms with van der Waals surface area (Å²) in [7, 11) is -2.87. The van der Waals surface area contributed by atoms with Crippen LogP contribution in [0.25, 0.3) is 0 Å². The molecule has 3 unspecified atom stereocenters. The van der Waals surface area contributed by atoms with Gasteiger partial charge in [-0.3, -0.25) is 13.7 Å². The summed E-state index contributed by atoms with van der Waals surface area (Å²) < 4.78 is 47.3. The molecule has 0 spiro atoms. The quantitative estimate of drug-likeness (QED) is 0.727. The van der Waals surface area contributed by atoms with E-state index < -0.39 is 25.7 Å². The molecular formula is C12H24O6P2. The van der Waals surface area contributed by atoms with Crippen molar-refractivity contribution in [2.24, 2.45) is 5.41 Å². The molecule has 1 saturated heterocycles.